The smallest absolute Gasteiger partial charge is 0.226 e. The number of ether oxygens (including phenoxy) is 3. The minimum absolute atomic E-state index is 0.0796. The van der Waals surface area contributed by atoms with Gasteiger partial charge in [-0.1, -0.05) is 12.2 Å². The zero-order valence-electron chi connectivity index (χ0n) is 15.2. The van der Waals surface area contributed by atoms with Gasteiger partial charge in [-0.3, -0.25) is 4.79 Å². The Morgan fingerprint density at radius 3 is 2.64 bits per heavy atom. The van der Waals surface area contributed by atoms with E-state index in [0.717, 1.165) is 84.6 Å². The minimum atomic E-state index is -0.0796. The van der Waals surface area contributed by atoms with Gasteiger partial charge >= 0.3 is 0 Å². The molecule has 0 N–H and O–H groups in total. The molecular weight excluding hydrogens is 318 g/mol. The van der Waals surface area contributed by atoms with Gasteiger partial charge in [-0.2, -0.15) is 0 Å². The fourth-order valence-corrected chi connectivity index (χ4v) is 4.76. The molecule has 0 aromatic carbocycles. The average molecular weight is 349 g/mol. The van der Waals surface area contributed by atoms with Crippen molar-refractivity contribution >= 4 is 5.91 Å². The van der Waals surface area contributed by atoms with Crippen molar-refractivity contribution in [3.8, 4) is 0 Å². The van der Waals surface area contributed by atoms with Crippen molar-refractivity contribution in [2.45, 2.75) is 44.1 Å². The predicted molar refractivity (Wildman–Crippen MR) is 94.2 cm³/mol. The van der Waals surface area contributed by atoms with Crippen molar-refractivity contribution in [3.05, 3.63) is 12.2 Å². The summed E-state index contributed by atoms with van der Waals surface area (Å²) in [7, 11) is 0. The van der Waals surface area contributed by atoms with Gasteiger partial charge in [0, 0.05) is 39.0 Å². The first-order chi connectivity index (χ1) is 12.3. The normalized spacial score (nSPS) is 29.4. The summed E-state index contributed by atoms with van der Waals surface area (Å²) in [5.74, 6) is 1.70. The van der Waals surface area contributed by atoms with Crippen LogP contribution in [-0.4, -0.2) is 62.5 Å². The van der Waals surface area contributed by atoms with Crippen LogP contribution in [0.25, 0.3) is 0 Å². The quantitative estimate of drug-likeness (QED) is 0.546. The van der Waals surface area contributed by atoms with E-state index >= 15 is 0 Å². The summed E-state index contributed by atoms with van der Waals surface area (Å²) in [5, 5.41) is 0. The van der Waals surface area contributed by atoms with Gasteiger partial charge in [0.05, 0.1) is 13.1 Å². The van der Waals surface area contributed by atoms with Crippen LogP contribution in [0.5, 0.6) is 0 Å². The first-order valence-electron chi connectivity index (χ1n) is 10.00. The van der Waals surface area contributed by atoms with Crippen LogP contribution in [0.15, 0.2) is 12.2 Å². The van der Waals surface area contributed by atoms with Gasteiger partial charge in [0.15, 0.2) is 0 Å². The Bertz CT molecular complexity index is 486. The number of hydrogen-bond donors (Lipinski definition) is 0. The van der Waals surface area contributed by atoms with Crippen LogP contribution < -0.4 is 0 Å². The molecule has 3 aliphatic heterocycles. The molecule has 4 rings (SSSR count). The molecule has 0 bridgehead atoms. The SMILES string of the molecule is O=C(C1CC=CC1)N1CC2(C1)OCCC2CCOCC1CCOCC1. The highest BCUT2D eigenvalue weighted by atomic mass is 16.5. The third-order valence-corrected chi connectivity index (χ3v) is 6.49. The fourth-order valence-electron chi connectivity index (χ4n) is 4.76. The van der Waals surface area contributed by atoms with Crippen LogP contribution in [0, 0.1) is 17.8 Å². The van der Waals surface area contributed by atoms with E-state index in [4.69, 9.17) is 14.2 Å². The van der Waals surface area contributed by atoms with Crippen molar-refractivity contribution in [2.75, 3.05) is 46.1 Å². The Morgan fingerprint density at radius 2 is 1.88 bits per heavy atom. The van der Waals surface area contributed by atoms with E-state index in [1.807, 2.05) is 4.90 Å². The molecule has 0 aromatic rings. The lowest BCUT2D eigenvalue weighted by molar-refractivity contribution is -0.169. The lowest BCUT2D eigenvalue weighted by atomic mass is 9.78. The maximum absolute atomic E-state index is 12.5. The first-order valence-corrected chi connectivity index (χ1v) is 10.00. The number of carbonyl (C=O) groups excluding carboxylic acids is 1. The van der Waals surface area contributed by atoms with Gasteiger partial charge in [0.2, 0.25) is 5.91 Å². The number of allylic oxidation sites excluding steroid dienone is 2. The van der Waals surface area contributed by atoms with Crippen LogP contribution in [0.2, 0.25) is 0 Å². The molecule has 0 aromatic heterocycles. The Kier molecular flexibility index (Phi) is 5.44. The summed E-state index contributed by atoms with van der Waals surface area (Å²) in [6.45, 7) is 5.84. The van der Waals surface area contributed by atoms with Gasteiger partial charge in [-0.05, 0) is 50.4 Å². The van der Waals surface area contributed by atoms with Crippen LogP contribution in [-0.2, 0) is 19.0 Å². The van der Waals surface area contributed by atoms with E-state index in [1.54, 1.807) is 0 Å². The van der Waals surface area contributed by atoms with Crippen LogP contribution >= 0.6 is 0 Å². The Hall–Kier alpha value is -0.910. The summed E-state index contributed by atoms with van der Waals surface area (Å²) >= 11 is 0. The standard InChI is InChI=1S/C20H31NO4/c22-19(17-3-1-2-4-17)21-14-20(15-21)18(8-12-25-20)7-11-24-13-16-5-9-23-10-6-16/h1-2,16-18H,3-15H2. The van der Waals surface area contributed by atoms with Crippen molar-refractivity contribution in [1.82, 2.24) is 4.90 Å². The number of likely N-dealkylation sites (tertiary alicyclic amines) is 1. The molecule has 1 unspecified atom stereocenters. The van der Waals surface area contributed by atoms with Crippen molar-refractivity contribution in [3.63, 3.8) is 0 Å². The van der Waals surface area contributed by atoms with Crippen LogP contribution in [0.4, 0.5) is 0 Å². The van der Waals surface area contributed by atoms with E-state index in [2.05, 4.69) is 12.2 Å². The Balaban J connectivity index is 1.18. The van der Waals surface area contributed by atoms with Gasteiger partial charge in [-0.15, -0.1) is 0 Å². The van der Waals surface area contributed by atoms with Crippen molar-refractivity contribution in [1.29, 1.82) is 0 Å². The molecule has 0 saturated carbocycles. The van der Waals surface area contributed by atoms with E-state index < -0.39 is 0 Å². The molecule has 4 aliphatic rings. The second-order valence-electron chi connectivity index (χ2n) is 8.15. The monoisotopic (exact) mass is 349 g/mol. The second kappa shape index (κ2) is 7.77. The molecule has 140 valence electrons. The summed E-state index contributed by atoms with van der Waals surface area (Å²) < 4.78 is 17.4. The van der Waals surface area contributed by atoms with Crippen molar-refractivity contribution < 1.29 is 19.0 Å². The second-order valence-corrected chi connectivity index (χ2v) is 8.15. The molecule has 25 heavy (non-hydrogen) atoms. The zero-order chi connectivity index (χ0) is 17.1. The lowest BCUT2D eigenvalue weighted by Gasteiger charge is -2.51. The van der Waals surface area contributed by atoms with E-state index in [0.29, 0.717) is 17.7 Å². The molecule has 1 spiro atoms. The number of carbonyl (C=O) groups is 1. The molecule has 3 saturated heterocycles. The maximum atomic E-state index is 12.5. The van der Waals surface area contributed by atoms with Gasteiger partial charge in [0.1, 0.15) is 5.60 Å². The lowest BCUT2D eigenvalue weighted by Crippen LogP contribution is -2.66. The molecule has 1 amide bonds. The summed E-state index contributed by atoms with van der Waals surface area (Å²) in [6.07, 6.45) is 10.5. The topological polar surface area (TPSA) is 48.0 Å². The molecule has 0 radical (unpaired) electrons. The number of nitrogens with zero attached hydrogens (tertiary/aromatic N) is 1. The van der Waals surface area contributed by atoms with E-state index in [1.165, 1.54) is 0 Å². The first kappa shape index (κ1) is 17.5. The molecule has 3 heterocycles. The highest BCUT2D eigenvalue weighted by molar-refractivity contribution is 5.80. The van der Waals surface area contributed by atoms with Gasteiger partial charge < -0.3 is 19.1 Å². The summed E-state index contributed by atoms with van der Waals surface area (Å²) in [4.78, 5) is 14.5. The maximum Gasteiger partial charge on any atom is 0.226 e. The number of hydrogen-bond acceptors (Lipinski definition) is 4. The third kappa shape index (κ3) is 3.79. The zero-order valence-corrected chi connectivity index (χ0v) is 15.2. The fraction of sp³-hybridized carbons (Fsp3) is 0.850. The molecule has 5 nitrogen and oxygen atoms in total. The minimum Gasteiger partial charge on any atom is -0.381 e. The molecule has 5 heteroatoms. The largest absolute Gasteiger partial charge is 0.381 e. The Labute approximate surface area is 150 Å². The summed E-state index contributed by atoms with van der Waals surface area (Å²) in [5.41, 5.74) is -0.0796. The molecular formula is C20H31NO4. The predicted octanol–water partition coefficient (Wildman–Crippen LogP) is 2.40. The molecule has 1 atom stereocenters. The van der Waals surface area contributed by atoms with Crippen LogP contribution in [0.3, 0.4) is 0 Å². The van der Waals surface area contributed by atoms with Crippen LogP contribution in [0.1, 0.15) is 38.5 Å². The van der Waals surface area contributed by atoms with E-state index in [-0.39, 0.29) is 11.5 Å². The summed E-state index contributed by atoms with van der Waals surface area (Å²) in [6, 6.07) is 0. The highest BCUT2D eigenvalue weighted by Gasteiger charge is 2.54. The number of rotatable bonds is 6. The number of amides is 1. The van der Waals surface area contributed by atoms with Gasteiger partial charge in [0.25, 0.3) is 0 Å². The van der Waals surface area contributed by atoms with Gasteiger partial charge in [-0.25, -0.2) is 0 Å². The molecule has 1 aliphatic carbocycles. The third-order valence-electron chi connectivity index (χ3n) is 6.49. The van der Waals surface area contributed by atoms with Crippen molar-refractivity contribution in [2.24, 2.45) is 17.8 Å². The Morgan fingerprint density at radius 1 is 1.12 bits per heavy atom. The van der Waals surface area contributed by atoms with E-state index in [9.17, 15) is 4.79 Å². The average Bonchev–Trinajstić information content (AvgIpc) is 3.27. The highest BCUT2D eigenvalue weighted by Crippen LogP contribution is 2.42. The molecule has 3 fully saturated rings.